The average molecular weight is 396 g/mol. The summed E-state index contributed by atoms with van der Waals surface area (Å²) in [4.78, 5) is 27.0. The maximum Gasteiger partial charge on any atom is 0.226 e. The first-order valence-electron chi connectivity index (χ1n) is 10.1. The highest BCUT2D eigenvalue weighted by Gasteiger charge is 2.29. The number of hydrogen-bond donors (Lipinski definition) is 2. The van der Waals surface area contributed by atoms with E-state index in [1.54, 1.807) is 23.1 Å². The third-order valence-corrected chi connectivity index (χ3v) is 5.20. The summed E-state index contributed by atoms with van der Waals surface area (Å²) in [5, 5.41) is 12.6. The van der Waals surface area contributed by atoms with Crippen molar-refractivity contribution in [2.24, 2.45) is 5.92 Å². The van der Waals surface area contributed by atoms with Crippen LogP contribution in [0.15, 0.2) is 54.6 Å². The maximum absolute atomic E-state index is 12.7. The molecule has 1 saturated heterocycles. The second kappa shape index (κ2) is 9.96. The van der Waals surface area contributed by atoms with E-state index in [0.29, 0.717) is 26.1 Å². The van der Waals surface area contributed by atoms with E-state index in [1.807, 2.05) is 43.3 Å². The number of phenolic OH excluding ortho intramolecular Hbond substituents is 1. The number of likely N-dealkylation sites (tertiary alicyclic amines) is 1. The molecule has 6 heteroatoms. The van der Waals surface area contributed by atoms with Crippen LogP contribution in [-0.2, 0) is 9.59 Å². The molecule has 154 valence electrons. The zero-order chi connectivity index (χ0) is 20.6. The number of carbonyl (C=O) groups excluding carboxylic acids is 2. The Morgan fingerprint density at radius 3 is 2.76 bits per heavy atom. The molecule has 2 aromatic rings. The second-order valence-corrected chi connectivity index (χ2v) is 7.42. The lowest BCUT2D eigenvalue weighted by Gasteiger charge is -2.32. The van der Waals surface area contributed by atoms with Crippen LogP contribution in [0.3, 0.4) is 0 Å². The van der Waals surface area contributed by atoms with Crippen molar-refractivity contribution in [3.05, 3.63) is 60.2 Å². The number of aromatic hydroxyl groups is 1. The number of ether oxygens (including phenoxy) is 1. The van der Waals surface area contributed by atoms with Gasteiger partial charge in [-0.1, -0.05) is 30.3 Å². The number of carbonyl (C=O) groups is 2. The van der Waals surface area contributed by atoms with Crippen LogP contribution in [0.5, 0.6) is 11.5 Å². The minimum Gasteiger partial charge on any atom is -0.508 e. The first-order valence-corrected chi connectivity index (χ1v) is 10.1. The van der Waals surface area contributed by atoms with Crippen LogP contribution in [-0.4, -0.2) is 41.5 Å². The van der Waals surface area contributed by atoms with Gasteiger partial charge in [0.1, 0.15) is 11.5 Å². The molecule has 29 heavy (non-hydrogen) atoms. The third-order valence-electron chi connectivity index (χ3n) is 5.20. The maximum atomic E-state index is 12.7. The number of para-hydroxylation sites is 1. The van der Waals surface area contributed by atoms with E-state index in [-0.39, 0.29) is 29.5 Å². The smallest absolute Gasteiger partial charge is 0.226 e. The van der Waals surface area contributed by atoms with Gasteiger partial charge in [-0.15, -0.1) is 0 Å². The summed E-state index contributed by atoms with van der Waals surface area (Å²) in [6.45, 7) is 3.32. The van der Waals surface area contributed by atoms with Crippen molar-refractivity contribution in [2.45, 2.75) is 32.2 Å². The number of phenols is 1. The number of hydrogen-bond acceptors (Lipinski definition) is 4. The molecule has 2 aromatic carbocycles. The van der Waals surface area contributed by atoms with Crippen molar-refractivity contribution in [3.8, 4) is 11.5 Å². The van der Waals surface area contributed by atoms with Gasteiger partial charge in [0.15, 0.2) is 0 Å². The molecule has 6 nitrogen and oxygen atoms in total. The highest BCUT2D eigenvalue weighted by atomic mass is 16.5. The minimum absolute atomic E-state index is 0.0134. The molecule has 2 unspecified atom stereocenters. The Bertz CT molecular complexity index is 825. The summed E-state index contributed by atoms with van der Waals surface area (Å²) < 4.78 is 5.61. The van der Waals surface area contributed by atoms with Crippen LogP contribution in [0.2, 0.25) is 0 Å². The fourth-order valence-electron chi connectivity index (χ4n) is 3.56. The van der Waals surface area contributed by atoms with Crippen molar-refractivity contribution < 1.29 is 19.4 Å². The van der Waals surface area contributed by atoms with E-state index < -0.39 is 0 Å². The van der Waals surface area contributed by atoms with Gasteiger partial charge in [-0.25, -0.2) is 0 Å². The van der Waals surface area contributed by atoms with E-state index in [2.05, 4.69) is 5.32 Å². The minimum atomic E-state index is -0.220. The Morgan fingerprint density at radius 2 is 2.00 bits per heavy atom. The summed E-state index contributed by atoms with van der Waals surface area (Å²) in [5.41, 5.74) is 0.847. The Morgan fingerprint density at radius 1 is 1.21 bits per heavy atom. The summed E-state index contributed by atoms with van der Waals surface area (Å²) >= 11 is 0. The number of rotatable bonds is 7. The normalized spacial score (nSPS) is 17.4. The zero-order valence-electron chi connectivity index (χ0n) is 16.7. The predicted molar refractivity (Wildman–Crippen MR) is 111 cm³/mol. The number of piperidine rings is 1. The Hall–Kier alpha value is -3.02. The van der Waals surface area contributed by atoms with Crippen molar-refractivity contribution in [2.75, 3.05) is 19.7 Å². The van der Waals surface area contributed by atoms with Gasteiger partial charge in [0.05, 0.1) is 25.0 Å². The van der Waals surface area contributed by atoms with Crippen LogP contribution in [0, 0.1) is 5.92 Å². The molecule has 2 amide bonds. The largest absolute Gasteiger partial charge is 0.508 e. The molecule has 0 aromatic heterocycles. The standard InChI is InChI=1S/C23H28N2O4/c1-17(18-7-5-9-20(26)15-18)24-23(28)19-8-6-13-25(16-19)22(27)12-14-29-21-10-3-2-4-11-21/h2-5,7,9-11,15,17,19,26H,6,8,12-14,16H2,1H3,(H,24,28). The quantitative estimate of drug-likeness (QED) is 0.753. The van der Waals surface area contributed by atoms with Crippen LogP contribution < -0.4 is 10.1 Å². The monoisotopic (exact) mass is 396 g/mol. The fourth-order valence-corrected chi connectivity index (χ4v) is 3.56. The topological polar surface area (TPSA) is 78.9 Å². The van der Waals surface area contributed by atoms with Crippen molar-refractivity contribution >= 4 is 11.8 Å². The lowest BCUT2D eigenvalue weighted by molar-refractivity contribution is -0.136. The van der Waals surface area contributed by atoms with E-state index in [4.69, 9.17) is 4.74 Å². The second-order valence-electron chi connectivity index (χ2n) is 7.42. The Balaban J connectivity index is 1.47. The molecule has 1 heterocycles. The Labute approximate surface area is 171 Å². The molecule has 1 fully saturated rings. The molecule has 2 atom stereocenters. The van der Waals surface area contributed by atoms with Gasteiger partial charge in [-0.05, 0) is 49.6 Å². The summed E-state index contributed by atoms with van der Waals surface area (Å²) in [6.07, 6.45) is 1.87. The molecular formula is C23H28N2O4. The summed E-state index contributed by atoms with van der Waals surface area (Å²) in [6, 6.07) is 16.1. The van der Waals surface area contributed by atoms with Gasteiger partial charge in [0.25, 0.3) is 0 Å². The number of nitrogens with one attached hydrogen (secondary N) is 1. The zero-order valence-corrected chi connectivity index (χ0v) is 16.7. The molecule has 0 spiro atoms. The lowest BCUT2D eigenvalue weighted by atomic mass is 9.96. The van der Waals surface area contributed by atoms with E-state index in [9.17, 15) is 14.7 Å². The van der Waals surface area contributed by atoms with Crippen LogP contribution in [0.1, 0.15) is 37.8 Å². The van der Waals surface area contributed by atoms with E-state index in [0.717, 1.165) is 24.2 Å². The van der Waals surface area contributed by atoms with Gasteiger partial charge < -0.3 is 20.1 Å². The summed E-state index contributed by atoms with van der Waals surface area (Å²) in [7, 11) is 0. The van der Waals surface area contributed by atoms with Gasteiger partial charge >= 0.3 is 0 Å². The molecule has 0 bridgehead atoms. The third kappa shape index (κ3) is 5.98. The molecule has 3 rings (SSSR count). The molecule has 0 saturated carbocycles. The summed E-state index contributed by atoms with van der Waals surface area (Å²) in [5.74, 6) is 0.661. The fraction of sp³-hybridized carbons (Fsp3) is 0.391. The number of nitrogens with zero attached hydrogens (tertiary/aromatic N) is 1. The van der Waals surface area contributed by atoms with Crippen LogP contribution in [0.25, 0.3) is 0 Å². The van der Waals surface area contributed by atoms with Crippen LogP contribution >= 0.6 is 0 Å². The lowest BCUT2D eigenvalue weighted by Crippen LogP contribution is -2.46. The highest BCUT2D eigenvalue weighted by molar-refractivity contribution is 5.81. The molecule has 0 aliphatic carbocycles. The molecule has 1 aliphatic rings. The van der Waals surface area contributed by atoms with Crippen molar-refractivity contribution in [3.63, 3.8) is 0 Å². The van der Waals surface area contributed by atoms with Crippen LogP contribution in [0.4, 0.5) is 0 Å². The van der Waals surface area contributed by atoms with Crippen molar-refractivity contribution in [1.29, 1.82) is 0 Å². The van der Waals surface area contributed by atoms with Gasteiger partial charge in [-0.2, -0.15) is 0 Å². The first-order chi connectivity index (χ1) is 14.0. The van der Waals surface area contributed by atoms with E-state index in [1.165, 1.54) is 0 Å². The molecule has 0 radical (unpaired) electrons. The number of amides is 2. The first kappa shape index (κ1) is 20.7. The number of benzene rings is 2. The molecule has 1 aliphatic heterocycles. The highest BCUT2D eigenvalue weighted by Crippen LogP contribution is 2.21. The van der Waals surface area contributed by atoms with Crippen molar-refractivity contribution in [1.82, 2.24) is 10.2 Å². The van der Waals surface area contributed by atoms with Gasteiger partial charge in [-0.3, -0.25) is 9.59 Å². The molecular weight excluding hydrogens is 368 g/mol. The SMILES string of the molecule is CC(NC(=O)C1CCCN(C(=O)CCOc2ccccc2)C1)c1cccc(O)c1. The predicted octanol–water partition coefficient (Wildman–Crippen LogP) is 3.28. The van der Waals surface area contributed by atoms with Gasteiger partial charge in [0.2, 0.25) is 11.8 Å². The van der Waals surface area contributed by atoms with E-state index >= 15 is 0 Å². The Kier molecular flexibility index (Phi) is 7.11. The van der Waals surface area contributed by atoms with Gasteiger partial charge in [0, 0.05) is 13.1 Å². The average Bonchev–Trinajstić information content (AvgIpc) is 2.74. The molecule has 2 N–H and O–H groups in total.